The maximum atomic E-state index is 12.8. The number of carbonyl (C=O) groups is 1. The predicted molar refractivity (Wildman–Crippen MR) is 97.9 cm³/mol. The highest BCUT2D eigenvalue weighted by molar-refractivity contribution is 5.93. The highest BCUT2D eigenvalue weighted by Gasteiger charge is 2.35. The van der Waals surface area contributed by atoms with E-state index in [1.165, 1.54) is 0 Å². The van der Waals surface area contributed by atoms with Gasteiger partial charge in [0.05, 0.1) is 6.10 Å². The van der Waals surface area contributed by atoms with Gasteiger partial charge in [0, 0.05) is 36.7 Å². The molecule has 1 saturated carbocycles. The minimum absolute atomic E-state index is 0.0626. The fraction of sp³-hybridized carbons (Fsp3) is 0.350. The van der Waals surface area contributed by atoms with Gasteiger partial charge >= 0.3 is 0 Å². The number of aliphatic hydroxyl groups is 1. The number of pyridine rings is 2. The molecule has 0 aromatic carbocycles. The Morgan fingerprint density at radius 1 is 1.31 bits per heavy atom. The number of imidazole rings is 1. The van der Waals surface area contributed by atoms with Gasteiger partial charge in [0.25, 0.3) is 5.91 Å². The number of carbonyl (C=O) groups excluding carboxylic acids is 1. The van der Waals surface area contributed by atoms with Gasteiger partial charge in [-0.25, -0.2) is 4.98 Å². The summed E-state index contributed by atoms with van der Waals surface area (Å²) in [4.78, 5) is 21.5. The first-order chi connectivity index (χ1) is 12.6. The number of aromatic nitrogens is 3. The van der Waals surface area contributed by atoms with E-state index in [1.54, 1.807) is 12.4 Å². The molecule has 1 amide bonds. The summed E-state index contributed by atoms with van der Waals surface area (Å²) >= 11 is 0. The summed E-state index contributed by atoms with van der Waals surface area (Å²) in [6, 6.07) is 9.60. The average Bonchev–Trinajstić information content (AvgIpc) is 3.02. The largest absolute Gasteiger partial charge is 0.393 e. The number of hydrogen-bond acceptors (Lipinski definition) is 4. The number of amides is 1. The number of nitrogens with one attached hydrogen (secondary N) is 1. The number of fused-ring (bicyclic) bond motifs is 1. The SMILES string of the molecule is Cc1ccc2nc(C(=O)N[C@@H](Cc3ccccn3)C3CC(O)C3)cn2c1. The molecule has 0 saturated heterocycles. The molecule has 3 heterocycles. The predicted octanol–water partition coefficient (Wildman–Crippen LogP) is 2.15. The van der Waals surface area contributed by atoms with Crippen LogP contribution in [0.15, 0.2) is 48.9 Å². The lowest BCUT2D eigenvalue weighted by molar-refractivity contribution is 0.0237. The molecular formula is C20H22N4O2. The van der Waals surface area contributed by atoms with Crippen molar-refractivity contribution in [3.63, 3.8) is 0 Å². The minimum Gasteiger partial charge on any atom is -0.393 e. The third-order valence-corrected chi connectivity index (χ3v) is 5.02. The van der Waals surface area contributed by atoms with Crippen molar-refractivity contribution in [1.29, 1.82) is 0 Å². The molecule has 4 rings (SSSR count). The smallest absolute Gasteiger partial charge is 0.271 e. The van der Waals surface area contributed by atoms with Crippen molar-refractivity contribution in [2.75, 3.05) is 0 Å². The van der Waals surface area contributed by atoms with Crippen LogP contribution in [0.1, 0.15) is 34.6 Å². The Bertz CT molecular complexity index is 916. The maximum absolute atomic E-state index is 12.8. The van der Waals surface area contributed by atoms with Gasteiger partial charge in [0.1, 0.15) is 11.3 Å². The molecule has 3 aromatic heterocycles. The second kappa shape index (κ2) is 6.88. The Hall–Kier alpha value is -2.73. The number of rotatable bonds is 5. The lowest BCUT2D eigenvalue weighted by Crippen LogP contribution is -2.48. The average molecular weight is 350 g/mol. The monoisotopic (exact) mass is 350 g/mol. The van der Waals surface area contributed by atoms with E-state index in [2.05, 4.69) is 15.3 Å². The van der Waals surface area contributed by atoms with Crippen LogP contribution >= 0.6 is 0 Å². The molecule has 0 spiro atoms. The van der Waals surface area contributed by atoms with Gasteiger partial charge in [-0.2, -0.15) is 0 Å². The lowest BCUT2D eigenvalue weighted by atomic mass is 9.76. The Kier molecular flexibility index (Phi) is 4.42. The summed E-state index contributed by atoms with van der Waals surface area (Å²) in [7, 11) is 0. The number of nitrogens with zero attached hydrogens (tertiary/aromatic N) is 3. The van der Waals surface area contributed by atoms with Gasteiger partial charge in [-0.1, -0.05) is 12.1 Å². The van der Waals surface area contributed by atoms with Crippen LogP contribution in [0.3, 0.4) is 0 Å². The van der Waals surface area contributed by atoms with E-state index in [0.717, 1.165) is 16.9 Å². The topological polar surface area (TPSA) is 79.5 Å². The van der Waals surface area contributed by atoms with Gasteiger partial charge < -0.3 is 14.8 Å². The molecule has 1 atom stereocenters. The second-order valence-corrected chi connectivity index (χ2v) is 7.09. The van der Waals surface area contributed by atoms with Crippen LogP contribution in [0, 0.1) is 12.8 Å². The summed E-state index contributed by atoms with van der Waals surface area (Å²) in [5, 5.41) is 12.8. The quantitative estimate of drug-likeness (QED) is 0.739. The molecule has 1 aliphatic carbocycles. The molecule has 1 fully saturated rings. The molecule has 26 heavy (non-hydrogen) atoms. The molecule has 2 N–H and O–H groups in total. The highest BCUT2D eigenvalue weighted by atomic mass is 16.3. The summed E-state index contributed by atoms with van der Waals surface area (Å²) in [5.41, 5.74) is 3.20. The molecule has 0 aliphatic heterocycles. The molecule has 0 unspecified atom stereocenters. The third kappa shape index (κ3) is 3.46. The van der Waals surface area contributed by atoms with Crippen molar-refractivity contribution < 1.29 is 9.90 Å². The minimum atomic E-state index is -0.263. The van der Waals surface area contributed by atoms with Crippen LogP contribution in [0.2, 0.25) is 0 Å². The van der Waals surface area contributed by atoms with Crippen LogP contribution in [-0.2, 0) is 6.42 Å². The van der Waals surface area contributed by atoms with Crippen LogP contribution in [0.25, 0.3) is 5.65 Å². The van der Waals surface area contributed by atoms with E-state index in [-0.39, 0.29) is 24.0 Å². The molecule has 134 valence electrons. The normalized spacial score (nSPS) is 20.5. The van der Waals surface area contributed by atoms with Gasteiger partial charge in [-0.05, 0) is 49.4 Å². The molecular weight excluding hydrogens is 328 g/mol. The van der Waals surface area contributed by atoms with Crippen molar-refractivity contribution in [3.8, 4) is 0 Å². The third-order valence-electron chi connectivity index (χ3n) is 5.02. The molecule has 3 aromatic rings. The van der Waals surface area contributed by atoms with Crippen LogP contribution in [-0.4, -0.2) is 37.5 Å². The zero-order valence-electron chi connectivity index (χ0n) is 14.7. The van der Waals surface area contributed by atoms with Gasteiger partial charge in [0.15, 0.2) is 0 Å². The molecule has 6 heteroatoms. The zero-order valence-corrected chi connectivity index (χ0v) is 14.7. The Morgan fingerprint density at radius 2 is 2.15 bits per heavy atom. The first-order valence-corrected chi connectivity index (χ1v) is 8.92. The lowest BCUT2D eigenvalue weighted by Gasteiger charge is -2.37. The summed E-state index contributed by atoms with van der Waals surface area (Å²) < 4.78 is 1.87. The van der Waals surface area contributed by atoms with E-state index < -0.39 is 0 Å². The van der Waals surface area contributed by atoms with E-state index in [0.29, 0.717) is 25.0 Å². The second-order valence-electron chi connectivity index (χ2n) is 7.09. The van der Waals surface area contributed by atoms with Crippen molar-refractivity contribution in [2.24, 2.45) is 5.92 Å². The van der Waals surface area contributed by atoms with E-state index in [4.69, 9.17) is 0 Å². The standard InChI is InChI=1S/C20H22N4O2/c1-13-5-6-19-22-18(12-24(19)11-13)20(26)23-17(14-8-16(25)9-14)10-15-4-2-3-7-21-15/h2-7,11-12,14,16-17,25H,8-10H2,1H3,(H,23,26)/t14?,16?,17-/m0/s1. The van der Waals surface area contributed by atoms with Crippen LogP contribution in [0.4, 0.5) is 0 Å². The van der Waals surface area contributed by atoms with Gasteiger partial charge in [-0.3, -0.25) is 9.78 Å². The molecule has 1 aliphatic rings. The van der Waals surface area contributed by atoms with Crippen molar-refractivity contribution in [2.45, 2.75) is 38.3 Å². The zero-order chi connectivity index (χ0) is 18.1. The number of aliphatic hydroxyl groups excluding tert-OH is 1. The number of hydrogen-bond donors (Lipinski definition) is 2. The molecule has 0 radical (unpaired) electrons. The first-order valence-electron chi connectivity index (χ1n) is 8.92. The summed E-state index contributed by atoms with van der Waals surface area (Å²) in [6.45, 7) is 2.00. The number of aryl methyl sites for hydroxylation is 1. The maximum Gasteiger partial charge on any atom is 0.271 e. The van der Waals surface area contributed by atoms with Crippen LogP contribution in [0.5, 0.6) is 0 Å². The van der Waals surface area contributed by atoms with E-state index in [1.807, 2.05) is 47.9 Å². The first kappa shape index (κ1) is 16.7. The fourth-order valence-corrected chi connectivity index (χ4v) is 3.49. The fourth-order valence-electron chi connectivity index (χ4n) is 3.49. The summed E-state index contributed by atoms with van der Waals surface area (Å²) in [5.74, 6) is 0.0731. The van der Waals surface area contributed by atoms with E-state index in [9.17, 15) is 9.90 Å². The van der Waals surface area contributed by atoms with Crippen LogP contribution < -0.4 is 5.32 Å². The molecule has 6 nitrogen and oxygen atoms in total. The van der Waals surface area contributed by atoms with Gasteiger partial charge in [-0.15, -0.1) is 0 Å². The Morgan fingerprint density at radius 3 is 2.88 bits per heavy atom. The van der Waals surface area contributed by atoms with Crippen molar-refractivity contribution in [1.82, 2.24) is 19.7 Å². The molecule has 0 bridgehead atoms. The Balaban J connectivity index is 1.52. The Labute approximate surface area is 151 Å². The van der Waals surface area contributed by atoms with Crippen molar-refractivity contribution >= 4 is 11.6 Å². The van der Waals surface area contributed by atoms with Gasteiger partial charge in [0.2, 0.25) is 0 Å². The highest BCUT2D eigenvalue weighted by Crippen LogP contribution is 2.31. The summed E-state index contributed by atoms with van der Waals surface area (Å²) in [6.07, 6.45) is 7.27. The van der Waals surface area contributed by atoms with E-state index >= 15 is 0 Å². The van der Waals surface area contributed by atoms with Crippen molar-refractivity contribution in [3.05, 3.63) is 65.9 Å².